The first-order valence-electron chi connectivity index (χ1n) is 6.38. The maximum absolute atomic E-state index is 13.2. The van der Waals surface area contributed by atoms with Crippen LogP contribution in [0.3, 0.4) is 0 Å². The standard InChI is InChI=1S/C14H18FN3O/c1-4-8(2)12(16)14-17-13(18-19-14)10-5-6-11(15)9(3)7-10/h5-8,12H,4,16H2,1-3H3. The van der Waals surface area contributed by atoms with Crippen molar-refractivity contribution in [3.8, 4) is 11.4 Å². The van der Waals surface area contributed by atoms with Gasteiger partial charge in [0.25, 0.3) is 0 Å². The highest BCUT2D eigenvalue weighted by Gasteiger charge is 2.20. The van der Waals surface area contributed by atoms with Gasteiger partial charge in [-0.1, -0.05) is 25.4 Å². The van der Waals surface area contributed by atoms with Crippen molar-refractivity contribution < 1.29 is 8.91 Å². The lowest BCUT2D eigenvalue weighted by Crippen LogP contribution is -2.18. The molecule has 0 bridgehead atoms. The van der Waals surface area contributed by atoms with E-state index in [1.807, 2.05) is 6.92 Å². The number of rotatable bonds is 4. The molecule has 0 saturated heterocycles. The maximum atomic E-state index is 13.2. The number of aryl methyl sites for hydroxylation is 1. The van der Waals surface area contributed by atoms with E-state index in [-0.39, 0.29) is 17.8 Å². The number of halogens is 1. The topological polar surface area (TPSA) is 64.9 Å². The number of benzene rings is 1. The molecule has 0 fully saturated rings. The molecular weight excluding hydrogens is 245 g/mol. The molecule has 1 heterocycles. The molecule has 0 amide bonds. The van der Waals surface area contributed by atoms with Crippen molar-refractivity contribution in [2.45, 2.75) is 33.2 Å². The van der Waals surface area contributed by atoms with Gasteiger partial charge in [0.05, 0.1) is 6.04 Å². The summed E-state index contributed by atoms with van der Waals surface area (Å²) < 4.78 is 18.4. The van der Waals surface area contributed by atoms with Crippen LogP contribution < -0.4 is 5.73 Å². The van der Waals surface area contributed by atoms with Gasteiger partial charge in [0.1, 0.15) is 5.82 Å². The molecule has 0 aliphatic heterocycles. The Kier molecular flexibility index (Phi) is 3.95. The lowest BCUT2D eigenvalue weighted by Gasteiger charge is -2.12. The molecule has 19 heavy (non-hydrogen) atoms. The summed E-state index contributed by atoms with van der Waals surface area (Å²) in [5, 5.41) is 3.91. The first kappa shape index (κ1) is 13.7. The Morgan fingerprint density at radius 1 is 1.42 bits per heavy atom. The third-order valence-corrected chi connectivity index (χ3v) is 3.40. The number of aromatic nitrogens is 2. The van der Waals surface area contributed by atoms with Crippen molar-refractivity contribution >= 4 is 0 Å². The van der Waals surface area contributed by atoms with E-state index < -0.39 is 0 Å². The maximum Gasteiger partial charge on any atom is 0.244 e. The lowest BCUT2D eigenvalue weighted by molar-refractivity contribution is 0.312. The molecule has 5 heteroatoms. The smallest absolute Gasteiger partial charge is 0.244 e. The Balaban J connectivity index is 2.27. The summed E-state index contributed by atoms with van der Waals surface area (Å²) in [6, 6.07) is 4.45. The summed E-state index contributed by atoms with van der Waals surface area (Å²) in [6.45, 7) is 5.80. The Morgan fingerprint density at radius 3 is 2.79 bits per heavy atom. The van der Waals surface area contributed by atoms with E-state index in [4.69, 9.17) is 10.3 Å². The van der Waals surface area contributed by atoms with Gasteiger partial charge in [0.2, 0.25) is 11.7 Å². The molecule has 1 aromatic carbocycles. The van der Waals surface area contributed by atoms with Gasteiger partial charge >= 0.3 is 0 Å². The number of hydrogen-bond acceptors (Lipinski definition) is 4. The van der Waals surface area contributed by atoms with Crippen molar-refractivity contribution in [2.24, 2.45) is 11.7 Å². The molecule has 0 radical (unpaired) electrons. The third-order valence-electron chi connectivity index (χ3n) is 3.40. The number of hydrogen-bond donors (Lipinski definition) is 1. The first-order chi connectivity index (χ1) is 9.02. The van der Waals surface area contributed by atoms with Crippen LogP contribution in [0.1, 0.15) is 37.8 Å². The van der Waals surface area contributed by atoms with Crippen molar-refractivity contribution in [1.82, 2.24) is 10.1 Å². The summed E-state index contributed by atoms with van der Waals surface area (Å²) in [7, 11) is 0. The van der Waals surface area contributed by atoms with Crippen LogP contribution in [0, 0.1) is 18.7 Å². The van der Waals surface area contributed by atoms with Crippen molar-refractivity contribution in [2.75, 3.05) is 0 Å². The molecule has 102 valence electrons. The van der Waals surface area contributed by atoms with E-state index in [1.54, 1.807) is 19.1 Å². The van der Waals surface area contributed by atoms with Crippen LogP contribution in [0.5, 0.6) is 0 Å². The zero-order valence-corrected chi connectivity index (χ0v) is 11.4. The second kappa shape index (κ2) is 5.48. The van der Waals surface area contributed by atoms with Crippen molar-refractivity contribution in [1.29, 1.82) is 0 Å². The molecule has 0 spiro atoms. The Bertz CT molecular complexity index is 568. The predicted molar refractivity (Wildman–Crippen MR) is 70.8 cm³/mol. The SMILES string of the molecule is CCC(C)C(N)c1nc(-c2ccc(F)c(C)c2)no1. The van der Waals surface area contributed by atoms with E-state index in [9.17, 15) is 4.39 Å². The molecule has 0 saturated carbocycles. The highest BCUT2D eigenvalue weighted by molar-refractivity contribution is 5.55. The monoisotopic (exact) mass is 263 g/mol. The molecule has 2 atom stereocenters. The summed E-state index contributed by atoms with van der Waals surface area (Å²) >= 11 is 0. The van der Waals surface area contributed by atoms with Gasteiger partial charge in [0.15, 0.2) is 0 Å². The van der Waals surface area contributed by atoms with E-state index in [0.29, 0.717) is 17.3 Å². The molecule has 2 N–H and O–H groups in total. The Hall–Kier alpha value is -1.75. The van der Waals surface area contributed by atoms with Crippen LogP contribution in [0.2, 0.25) is 0 Å². The van der Waals surface area contributed by atoms with Gasteiger partial charge in [-0.05, 0) is 36.6 Å². The van der Waals surface area contributed by atoms with Gasteiger partial charge < -0.3 is 10.3 Å². The minimum absolute atomic E-state index is 0.247. The molecule has 2 aromatic rings. The number of nitrogens with zero attached hydrogens (tertiary/aromatic N) is 2. The van der Waals surface area contributed by atoms with Gasteiger partial charge in [0, 0.05) is 5.56 Å². The van der Waals surface area contributed by atoms with Crippen LogP contribution >= 0.6 is 0 Å². The second-order valence-electron chi connectivity index (χ2n) is 4.83. The molecule has 1 aromatic heterocycles. The van der Waals surface area contributed by atoms with Crippen LogP contribution in [-0.4, -0.2) is 10.1 Å². The van der Waals surface area contributed by atoms with Crippen LogP contribution in [0.25, 0.3) is 11.4 Å². The van der Waals surface area contributed by atoms with Gasteiger partial charge in [-0.3, -0.25) is 0 Å². The Labute approximate surface area is 111 Å². The van der Waals surface area contributed by atoms with E-state index in [0.717, 1.165) is 12.0 Å². The predicted octanol–water partition coefficient (Wildman–Crippen LogP) is 3.23. The fraction of sp³-hybridized carbons (Fsp3) is 0.429. The zero-order chi connectivity index (χ0) is 14.0. The Morgan fingerprint density at radius 2 is 2.16 bits per heavy atom. The summed E-state index contributed by atoms with van der Waals surface area (Å²) in [5.41, 5.74) is 7.32. The largest absolute Gasteiger partial charge is 0.337 e. The van der Waals surface area contributed by atoms with E-state index >= 15 is 0 Å². The second-order valence-corrected chi connectivity index (χ2v) is 4.83. The number of nitrogens with two attached hydrogens (primary N) is 1. The molecule has 2 unspecified atom stereocenters. The van der Waals surface area contributed by atoms with Crippen LogP contribution in [-0.2, 0) is 0 Å². The van der Waals surface area contributed by atoms with Gasteiger partial charge in [-0.25, -0.2) is 4.39 Å². The summed E-state index contributed by atoms with van der Waals surface area (Å²) in [6.07, 6.45) is 0.939. The quantitative estimate of drug-likeness (QED) is 0.919. The molecule has 0 aliphatic carbocycles. The summed E-state index contributed by atoms with van der Waals surface area (Å²) in [5.74, 6) is 0.884. The highest BCUT2D eigenvalue weighted by atomic mass is 19.1. The van der Waals surface area contributed by atoms with Crippen molar-refractivity contribution in [3.05, 3.63) is 35.5 Å². The minimum atomic E-state index is -0.271. The lowest BCUT2D eigenvalue weighted by atomic mass is 10.0. The van der Waals surface area contributed by atoms with E-state index in [2.05, 4.69) is 17.1 Å². The zero-order valence-electron chi connectivity index (χ0n) is 11.4. The normalized spacial score (nSPS) is 14.4. The summed E-state index contributed by atoms with van der Waals surface area (Å²) in [4.78, 5) is 4.29. The van der Waals surface area contributed by atoms with E-state index in [1.165, 1.54) is 6.07 Å². The molecule has 2 rings (SSSR count). The molecule has 4 nitrogen and oxygen atoms in total. The average molecular weight is 263 g/mol. The van der Waals surface area contributed by atoms with Crippen LogP contribution in [0.15, 0.2) is 22.7 Å². The van der Waals surface area contributed by atoms with Crippen LogP contribution in [0.4, 0.5) is 4.39 Å². The van der Waals surface area contributed by atoms with Crippen molar-refractivity contribution in [3.63, 3.8) is 0 Å². The highest BCUT2D eigenvalue weighted by Crippen LogP contribution is 2.24. The van der Waals surface area contributed by atoms with Gasteiger partial charge in [-0.2, -0.15) is 4.98 Å². The molecule has 0 aliphatic rings. The average Bonchev–Trinajstić information content (AvgIpc) is 2.89. The minimum Gasteiger partial charge on any atom is -0.337 e. The van der Waals surface area contributed by atoms with Gasteiger partial charge in [-0.15, -0.1) is 0 Å². The fourth-order valence-corrected chi connectivity index (χ4v) is 1.77. The molecular formula is C14H18FN3O. The fourth-order valence-electron chi connectivity index (χ4n) is 1.77. The third kappa shape index (κ3) is 2.81. The first-order valence-corrected chi connectivity index (χ1v) is 6.38.